The highest BCUT2D eigenvalue weighted by Gasteiger charge is 2.47. The van der Waals surface area contributed by atoms with E-state index in [-0.39, 0.29) is 0 Å². The van der Waals surface area contributed by atoms with Crippen LogP contribution >= 0.6 is 11.6 Å². The minimum atomic E-state index is -2.31. The van der Waals surface area contributed by atoms with Gasteiger partial charge in [0.25, 0.3) is 0 Å². The monoisotopic (exact) mass is 216 g/mol. The Kier molecular flexibility index (Phi) is 2.48. The maximum atomic E-state index is 12.9. The van der Waals surface area contributed by atoms with E-state index >= 15 is 0 Å². The van der Waals surface area contributed by atoms with Crippen LogP contribution in [0.4, 0.5) is 8.78 Å². The molecule has 0 atom stereocenters. The van der Waals surface area contributed by atoms with E-state index in [1.165, 1.54) is 0 Å². The van der Waals surface area contributed by atoms with Crippen LogP contribution in [0.3, 0.4) is 0 Å². The third kappa shape index (κ3) is 1.33. The molecule has 1 aromatic carbocycles. The van der Waals surface area contributed by atoms with Gasteiger partial charge in [-0.25, -0.2) is 8.78 Å². The molecule has 1 aliphatic carbocycles. The first-order valence-corrected chi connectivity index (χ1v) is 5.08. The van der Waals surface area contributed by atoms with Crippen molar-refractivity contribution in [3.63, 3.8) is 0 Å². The highest BCUT2D eigenvalue weighted by Crippen LogP contribution is 2.50. The highest BCUT2D eigenvalue weighted by molar-refractivity contribution is 6.31. The summed E-state index contributed by atoms with van der Waals surface area (Å²) in [5.41, 5.74) is -0.346. The molecule has 2 rings (SSSR count). The fourth-order valence-electron chi connectivity index (χ4n) is 2.03. The summed E-state index contributed by atoms with van der Waals surface area (Å²) in [6.45, 7) is 0. The van der Waals surface area contributed by atoms with E-state index in [1.807, 2.05) is 0 Å². The summed E-state index contributed by atoms with van der Waals surface area (Å²) >= 11 is 5.93. The summed E-state index contributed by atoms with van der Waals surface area (Å²) in [6, 6.07) is 6.93. The lowest BCUT2D eigenvalue weighted by Gasteiger charge is -2.42. The number of benzene rings is 1. The molecular formula is C11H11ClF2. The number of alkyl halides is 2. The summed E-state index contributed by atoms with van der Waals surface area (Å²) in [7, 11) is 0. The lowest BCUT2D eigenvalue weighted by atomic mass is 9.64. The van der Waals surface area contributed by atoms with Crippen LogP contribution in [0.15, 0.2) is 24.3 Å². The topological polar surface area (TPSA) is 0 Å². The highest BCUT2D eigenvalue weighted by atomic mass is 35.5. The van der Waals surface area contributed by atoms with Gasteiger partial charge < -0.3 is 0 Å². The van der Waals surface area contributed by atoms with Crippen LogP contribution in [-0.2, 0) is 5.41 Å². The number of rotatable bonds is 2. The van der Waals surface area contributed by atoms with Crippen molar-refractivity contribution in [2.75, 3.05) is 0 Å². The van der Waals surface area contributed by atoms with Gasteiger partial charge >= 0.3 is 0 Å². The maximum absolute atomic E-state index is 12.9. The molecule has 1 saturated carbocycles. The summed E-state index contributed by atoms with van der Waals surface area (Å²) < 4.78 is 25.9. The van der Waals surface area contributed by atoms with Crippen molar-refractivity contribution in [1.82, 2.24) is 0 Å². The predicted molar refractivity (Wildman–Crippen MR) is 53.0 cm³/mol. The molecule has 0 spiro atoms. The van der Waals surface area contributed by atoms with Crippen LogP contribution < -0.4 is 0 Å². The molecule has 3 heteroatoms. The van der Waals surface area contributed by atoms with Crippen molar-refractivity contribution in [2.45, 2.75) is 31.1 Å². The Labute approximate surface area is 86.9 Å². The summed E-state index contributed by atoms with van der Waals surface area (Å²) in [5.74, 6) is 0. The molecule has 0 nitrogen and oxygen atoms in total. The zero-order chi connectivity index (χ0) is 10.2. The van der Waals surface area contributed by atoms with Crippen molar-refractivity contribution < 1.29 is 8.78 Å². The van der Waals surface area contributed by atoms with Gasteiger partial charge in [0.15, 0.2) is 0 Å². The van der Waals surface area contributed by atoms with E-state index in [4.69, 9.17) is 11.6 Å². The molecule has 0 saturated heterocycles. The zero-order valence-electron chi connectivity index (χ0n) is 7.64. The average Bonchev–Trinajstić information content (AvgIpc) is 2.05. The van der Waals surface area contributed by atoms with Crippen LogP contribution in [0.2, 0.25) is 5.02 Å². The molecule has 76 valence electrons. The lowest BCUT2D eigenvalue weighted by molar-refractivity contribution is 0.000895. The molecule has 1 aromatic rings. The minimum absolute atomic E-state index is 0.465. The molecule has 0 N–H and O–H groups in total. The molecule has 0 heterocycles. The fraction of sp³-hybridized carbons (Fsp3) is 0.455. The first-order valence-electron chi connectivity index (χ1n) is 4.70. The Morgan fingerprint density at radius 3 is 2.29 bits per heavy atom. The Balaban J connectivity index is 2.42. The molecule has 1 fully saturated rings. The second-order valence-electron chi connectivity index (χ2n) is 3.79. The van der Waals surface area contributed by atoms with E-state index in [9.17, 15) is 8.78 Å². The average molecular weight is 217 g/mol. The van der Waals surface area contributed by atoms with E-state index in [0.717, 1.165) is 6.42 Å². The molecule has 0 aliphatic heterocycles. The molecule has 0 radical (unpaired) electrons. The Morgan fingerprint density at radius 1 is 1.21 bits per heavy atom. The van der Waals surface area contributed by atoms with E-state index in [2.05, 4.69) is 0 Å². The minimum Gasteiger partial charge on any atom is -0.210 e. The number of hydrogen-bond donors (Lipinski definition) is 0. The summed E-state index contributed by atoms with van der Waals surface area (Å²) in [4.78, 5) is 0. The Morgan fingerprint density at radius 2 is 1.86 bits per heavy atom. The molecule has 0 aromatic heterocycles. The van der Waals surface area contributed by atoms with Gasteiger partial charge in [-0.3, -0.25) is 0 Å². The van der Waals surface area contributed by atoms with Crippen LogP contribution in [0.1, 0.15) is 24.8 Å². The van der Waals surface area contributed by atoms with Crippen molar-refractivity contribution in [3.8, 4) is 0 Å². The van der Waals surface area contributed by atoms with Gasteiger partial charge in [-0.05, 0) is 24.5 Å². The SMILES string of the molecule is FC(F)C1(c2ccccc2Cl)CCC1. The quantitative estimate of drug-likeness (QED) is 0.700. The third-order valence-corrected chi connectivity index (χ3v) is 3.40. The molecular weight excluding hydrogens is 206 g/mol. The van der Waals surface area contributed by atoms with E-state index in [1.54, 1.807) is 24.3 Å². The fourth-order valence-corrected chi connectivity index (χ4v) is 2.35. The van der Waals surface area contributed by atoms with Crippen molar-refractivity contribution in [2.24, 2.45) is 0 Å². The Hall–Kier alpha value is -0.630. The smallest absolute Gasteiger partial charge is 0.210 e. The summed E-state index contributed by atoms with van der Waals surface area (Å²) in [5, 5.41) is 0.465. The van der Waals surface area contributed by atoms with Crippen LogP contribution in [-0.4, -0.2) is 6.43 Å². The normalized spacial score (nSPS) is 19.4. The molecule has 14 heavy (non-hydrogen) atoms. The molecule has 1 aliphatic rings. The molecule has 0 amide bonds. The van der Waals surface area contributed by atoms with Crippen molar-refractivity contribution in [3.05, 3.63) is 34.9 Å². The number of halogens is 3. The lowest BCUT2D eigenvalue weighted by Crippen LogP contribution is -2.41. The molecule has 0 unspecified atom stereocenters. The van der Waals surface area contributed by atoms with Crippen LogP contribution in [0, 0.1) is 0 Å². The van der Waals surface area contributed by atoms with Gasteiger partial charge in [-0.15, -0.1) is 0 Å². The first kappa shape index (κ1) is 9.91. The van der Waals surface area contributed by atoms with Gasteiger partial charge in [0, 0.05) is 5.02 Å². The van der Waals surface area contributed by atoms with Gasteiger partial charge in [-0.2, -0.15) is 0 Å². The summed E-state index contributed by atoms with van der Waals surface area (Å²) in [6.07, 6.45) is -0.339. The standard InChI is InChI=1S/C11H11ClF2/c12-9-5-2-1-4-8(9)11(10(13)14)6-3-7-11/h1-2,4-5,10H,3,6-7H2. The van der Waals surface area contributed by atoms with Gasteiger partial charge in [0.1, 0.15) is 0 Å². The van der Waals surface area contributed by atoms with Crippen molar-refractivity contribution >= 4 is 11.6 Å². The van der Waals surface area contributed by atoms with Gasteiger partial charge in [0.05, 0.1) is 5.41 Å². The third-order valence-electron chi connectivity index (χ3n) is 3.07. The van der Waals surface area contributed by atoms with Crippen molar-refractivity contribution in [1.29, 1.82) is 0 Å². The second kappa shape index (κ2) is 3.50. The second-order valence-corrected chi connectivity index (χ2v) is 4.20. The van der Waals surface area contributed by atoms with Crippen LogP contribution in [0.25, 0.3) is 0 Å². The number of hydrogen-bond acceptors (Lipinski definition) is 0. The maximum Gasteiger partial charge on any atom is 0.248 e. The Bertz CT molecular complexity index is 332. The van der Waals surface area contributed by atoms with Gasteiger partial charge in [0.2, 0.25) is 6.43 Å². The predicted octanol–water partition coefficient (Wildman–Crippen LogP) is 4.03. The largest absolute Gasteiger partial charge is 0.248 e. The zero-order valence-corrected chi connectivity index (χ0v) is 8.40. The first-order chi connectivity index (χ1) is 6.67. The van der Waals surface area contributed by atoms with Crippen LogP contribution in [0.5, 0.6) is 0 Å². The van der Waals surface area contributed by atoms with E-state index < -0.39 is 11.8 Å². The molecule has 0 bridgehead atoms. The van der Waals surface area contributed by atoms with Gasteiger partial charge in [-0.1, -0.05) is 36.2 Å². The van der Waals surface area contributed by atoms with E-state index in [0.29, 0.717) is 23.4 Å².